The van der Waals surface area contributed by atoms with Crippen molar-refractivity contribution in [2.45, 2.75) is 66.0 Å². The molecule has 6 aromatic carbocycles. The fraction of sp³-hybridized carbons (Fsp3) is 0.208. The summed E-state index contributed by atoms with van der Waals surface area (Å²) in [6.45, 7) is 12.2. The van der Waals surface area contributed by atoms with Crippen LogP contribution in [0, 0.1) is 13.8 Å². The molecule has 2 heterocycles. The third-order valence-electron chi connectivity index (χ3n) is 10.1. The summed E-state index contributed by atoms with van der Waals surface area (Å²) in [4.78, 5) is 0. The molecule has 0 bridgehead atoms. The van der Waals surface area contributed by atoms with Crippen LogP contribution >= 0.6 is 17.0 Å². The van der Waals surface area contributed by atoms with Gasteiger partial charge in [0.25, 0.3) is 0 Å². The van der Waals surface area contributed by atoms with Crippen molar-refractivity contribution in [3.8, 4) is 44.9 Å². The Balaban J connectivity index is 0.000000177. The number of aryl methyl sites for hydroxylation is 4. The monoisotopic (exact) mass is 952 g/mol. The van der Waals surface area contributed by atoms with Crippen LogP contribution in [0.5, 0.6) is 0 Å². The van der Waals surface area contributed by atoms with Crippen LogP contribution < -0.4 is 0 Å². The molecule has 0 amide bonds. The van der Waals surface area contributed by atoms with Gasteiger partial charge in [0, 0.05) is 0 Å². The SMILES string of the molecule is CCc1ccc2[cH-]c(-c3ccc(C)o3)cc2c1-c1ccc(C(F)(F)F)cc1.CCc1ccc2[cH-]c(-c3ccc(C)o3)cc2c1-c1ccc(C(F)(F)F)cc1.C[Si](C)=[Zr]([Cl])[Cl]. The molecule has 2 nitrogen and oxygen atoms in total. The number of hydrogen-bond donors (Lipinski definition) is 0. The van der Waals surface area contributed by atoms with E-state index in [1.807, 2.05) is 50.2 Å². The number of fused-ring (bicyclic) bond motifs is 2. The van der Waals surface area contributed by atoms with Gasteiger partial charge >= 0.3 is 65.9 Å². The molecule has 12 heteroatoms. The molecule has 0 saturated carbocycles. The fourth-order valence-electron chi connectivity index (χ4n) is 7.04. The van der Waals surface area contributed by atoms with Gasteiger partial charge in [-0.15, -0.1) is 57.9 Å². The van der Waals surface area contributed by atoms with Crippen LogP contribution in [0.3, 0.4) is 0 Å². The molecule has 2 aromatic heterocycles. The Morgan fingerprint density at radius 3 is 1.17 bits per heavy atom. The van der Waals surface area contributed by atoms with Crippen molar-refractivity contribution in [3.63, 3.8) is 0 Å². The number of benzene rings is 4. The number of halogens is 8. The number of alkyl halides is 6. The Morgan fingerprint density at radius 2 is 0.900 bits per heavy atom. The first kappa shape index (κ1) is 45.4. The summed E-state index contributed by atoms with van der Waals surface area (Å²) in [6, 6.07) is 34.9. The number of hydrogen-bond acceptors (Lipinski definition) is 2. The Hall–Kier alpha value is -4.08. The van der Waals surface area contributed by atoms with Gasteiger partial charge in [0.1, 0.15) is 0 Å². The number of furan rings is 2. The van der Waals surface area contributed by atoms with E-state index in [9.17, 15) is 26.3 Å². The van der Waals surface area contributed by atoms with Crippen molar-refractivity contribution < 1.29 is 53.2 Å². The van der Waals surface area contributed by atoms with E-state index in [0.717, 1.165) is 126 Å². The van der Waals surface area contributed by atoms with Crippen molar-refractivity contribution in [3.05, 3.63) is 155 Å². The predicted molar refractivity (Wildman–Crippen MR) is 233 cm³/mol. The Labute approximate surface area is 360 Å². The van der Waals surface area contributed by atoms with Gasteiger partial charge in [-0.05, 0) is 97.5 Å². The minimum atomic E-state index is -4.33. The first-order valence-electron chi connectivity index (χ1n) is 19.3. The van der Waals surface area contributed by atoms with Gasteiger partial charge in [-0.1, -0.05) is 72.5 Å². The zero-order valence-corrected chi connectivity index (χ0v) is 38.8. The molecule has 8 aromatic rings. The van der Waals surface area contributed by atoms with Gasteiger partial charge in [0.05, 0.1) is 34.2 Å². The van der Waals surface area contributed by atoms with Gasteiger partial charge in [0.15, 0.2) is 0 Å². The fourth-order valence-corrected chi connectivity index (χ4v) is 7.04. The topological polar surface area (TPSA) is 26.3 Å². The van der Waals surface area contributed by atoms with Crippen LogP contribution in [0.2, 0.25) is 13.1 Å². The number of rotatable bonds is 6. The molecule has 0 unspecified atom stereocenters. The van der Waals surface area contributed by atoms with Crippen LogP contribution in [0.4, 0.5) is 26.3 Å². The van der Waals surface area contributed by atoms with Crippen LogP contribution in [0.1, 0.15) is 47.6 Å². The minimum absolute atomic E-state index is 0.224. The van der Waals surface area contributed by atoms with Gasteiger partial charge in [-0.25, -0.2) is 0 Å². The summed E-state index contributed by atoms with van der Waals surface area (Å²) < 4.78 is 88.9. The average molecular weight is 955 g/mol. The Bertz CT molecular complexity index is 2570. The van der Waals surface area contributed by atoms with E-state index in [2.05, 4.69) is 63.3 Å². The van der Waals surface area contributed by atoms with E-state index in [1.165, 1.54) is 0 Å². The summed E-state index contributed by atoms with van der Waals surface area (Å²) >= 11 is -1.65. The van der Waals surface area contributed by atoms with Crippen molar-refractivity contribution >= 4 is 44.0 Å². The molecular formula is C48H42Cl2F6O2SiZr-2. The summed E-state index contributed by atoms with van der Waals surface area (Å²) in [7, 11) is 11.2. The van der Waals surface area contributed by atoms with E-state index in [0.29, 0.717) is 0 Å². The van der Waals surface area contributed by atoms with Crippen LogP contribution in [-0.4, -0.2) is 5.43 Å². The van der Waals surface area contributed by atoms with Crippen molar-refractivity contribution in [2.24, 2.45) is 0 Å². The van der Waals surface area contributed by atoms with E-state index >= 15 is 0 Å². The van der Waals surface area contributed by atoms with Crippen LogP contribution in [-0.2, 0) is 43.2 Å². The molecule has 60 heavy (non-hydrogen) atoms. The quantitative estimate of drug-likeness (QED) is 0.0943. The standard InChI is InChI=1S/2C23H18F3O.C2H6Si.2ClH.Zr/c2*1-3-15-5-6-17-12-18(21-11-4-14(2)27-21)13-20(17)22(15)16-7-9-19(10-8-16)23(24,25)26;1-3-2;;;/h2*4-13H,3H2,1-2H3;1-2H3;2*1H;/q2*-1;;;;+2/p-2. The molecule has 312 valence electrons. The summed E-state index contributed by atoms with van der Waals surface area (Å²) in [5, 5.41) is 4.15. The molecule has 0 N–H and O–H groups in total. The van der Waals surface area contributed by atoms with Gasteiger partial charge < -0.3 is 8.83 Å². The molecule has 0 radical (unpaired) electrons. The third kappa shape index (κ3) is 10.5. The summed E-state index contributed by atoms with van der Waals surface area (Å²) in [5.74, 6) is 3.26. The van der Waals surface area contributed by atoms with E-state index < -0.39 is 41.5 Å². The zero-order chi connectivity index (χ0) is 43.5. The van der Waals surface area contributed by atoms with Crippen molar-refractivity contribution in [2.75, 3.05) is 0 Å². The average Bonchev–Trinajstić information content (AvgIpc) is 4.03. The van der Waals surface area contributed by atoms with Crippen LogP contribution in [0.25, 0.3) is 66.4 Å². The molecule has 0 aliphatic rings. The Morgan fingerprint density at radius 1 is 0.550 bits per heavy atom. The van der Waals surface area contributed by atoms with Gasteiger partial charge in [0.2, 0.25) is 0 Å². The Kier molecular flexibility index (Phi) is 14.3. The molecule has 8 rings (SSSR count). The molecule has 0 fully saturated rings. The zero-order valence-electron chi connectivity index (χ0n) is 33.8. The molecule has 0 saturated heterocycles. The maximum atomic E-state index is 12.9. The van der Waals surface area contributed by atoms with E-state index in [-0.39, 0.29) is 5.43 Å². The van der Waals surface area contributed by atoms with Gasteiger partial charge in [-0.2, -0.15) is 26.3 Å². The van der Waals surface area contributed by atoms with E-state index in [4.69, 9.17) is 25.9 Å². The molecule has 0 aliphatic heterocycles. The first-order chi connectivity index (χ1) is 28.4. The third-order valence-corrected chi connectivity index (χ3v) is 29.9. The normalized spacial score (nSPS) is 11.6. The molecule has 0 aliphatic carbocycles. The van der Waals surface area contributed by atoms with Crippen molar-refractivity contribution in [1.29, 1.82) is 0 Å². The summed E-state index contributed by atoms with van der Waals surface area (Å²) in [6.07, 6.45) is -7.06. The van der Waals surface area contributed by atoms with E-state index in [1.54, 1.807) is 24.3 Å². The van der Waals surface area contributed by atoms with Crippen LogP contribution in [0.15, 0.2) is 130 Å². The van der Waals surface area contributed by atoms with Gasteiger partial charge in [-0.3, -0.25) is 0 Å². The summed E-state index contributed by atoms with van der Waals surface area (Å²) in [5.41, 5.74) is 6.21. The molecule has 0 spiro atoms. The first-order valence-corrected chi connectivity index (χ1v) is 31.8. The maximum absolute atomic E-state index is 12.9. The molecular weight excluding hydrogens is 913 g/mol. The van der Waals surface area contributed by atoms with Crippen molar-refractivity contribution in [1.82, 2.24) is 0 Å². The second-order valence-corrected chi connectivity index (χ2v) is 37.6. The second-order valence-electron chi connectivity index (χ2n) is 14.6. The predicted octanol–water partition coefficient (Wildman–Crippen LogP) is 16.9. The molecule has 0 atom stereocenters. The second kappa shape index (κ2) is 18.9.